The Morgan fingerprint density at radius 1 is 1.28 bits per heavy atom. The number of amides is 1. The topological polar surface area (TPSA) is 63.1 Å². The Morgan fingerprint density at radius 2 is 2.16 bits per heavy atom. The molecule has 0 saturated carbocycles. The maximum Gasteiger partial charge on any atom is 0.224 e. The van der Waals surface area contributed by atoms with Gasteiger partial charge in [-0.25, -0.2) is 4.39 Å². The van der Waals surface area contributed by atoms with Crippen molar-refractivity contribution in [3.05, 3.63) is 47.3 Å². The average molecular weight is 345 g/mol. The fraction of sp³-hybridized carbons (Fsp3) is 0.500. The summed E-state index contributed by atoms with van der Waals surface area (Å²) in [5.74, 6) is 1.28. The van der Waals surface area contributed by atoms with Gasteiger partial charge in [0.25, 0.3) is 0 Å². The van der Waals surface area contributed by atoms with E-state index in [1.807, 2.05) is 0 Å². The van der Waals surface area contributed by atoms with E-state index in [2.05, 4.69) is 31.9 Å². The molecule has 0 aliphatic carbocycles. The molecule has 1 amide bonds. The van der Waals surface area contributed by atoms with Crippen LogP contribution in [-0.2, 0) is 30.7 Å². The molecule has 7 heteroatoms. The minimum Gasteiger partial charge on any atom is -0.349 e. The molecule has 0 saturated heterocycles. The summed E-state index contributed by atoms with van der Waals surface area (Å²) in [6.07, 6.45) is 2.18. The smallest absolute Gasteiger partial charge is 0.224 e. The lowest BCUT2D eigenvalue weighted by atomic mass is 10.1. The normalized spacial score (nSPS) is 14.8. The first-order chi connectivity index (χ1) is 12.2. The van der Waals surface area contributed by atoms with Crippen molar-refractivity contribution >= 4 is 5.91 Å². The molecule has 0 radical (unpaired) electrons. The molecule has 0 unspecified atom stereocenters. The van der Waals surface area contributed by atoms with Gasteiger partial charge < -0.3 is 14.8 Å². The molecule has 0 atom stereocenters. The van der Waals surface area contributed by atoms with Crippen LogP contribution in [0.5, 0.6) is 0 Å². The number of carbonyl (C=O) groups is 1. The maximum absolute atomic E-state index is 13.2. The number of nitrogens with one attached hydrogen (secondary N) is 1. The first-order valence-corrected chi connectivity index (χ1v) is 8.80. The zero-order valence-corrected chi connectivity index (χ0v) is 14.5. The summed E-state index contributed by atoms with van der Waals surface area (Å²) >= 11 is 0. The summed E-state index contributed by atoms with van der Waals surface area (Å²) < 4.78 is 15.3. The van der Waals surface area contributed by atoms with Gasteiger partial charge in [0.2, 0.25) is 5.91 Å². The molecule has 6 nitrogen and oxygen atoms in total. The van der Waals surface area contributed by atoms with Crippen LogP contribution in [0.4, 0.5) is 4.39 Å². The second-order valence-corrected chi connectivity index (χ2v) is 6.36. The van der Waals surface area contributed by atoms with Gasteiger partial charge in [-0.1, -0.05) is 19.1 Å². The van der Waals surface area contributed by atoms with Gasteiger partial charge >= 0.3 is 0 Å². The van der Waals surface area contributed by atoms with Crippen molar-refractivity contribution in [2.75, 3.05) is 19.6 Å². The number of fused-ring (bicyclic) bond motifs is 1. The van der Waals surface area contributed by atoms with Crippen molar-refractivity contribution in [1.82, 2.24) is 25.0 Å². The molecule has 1 aromatic heterocycles. The van der Waals surface area contributed by atoms with Crippen LogP contribution < -0.4 is 5.32 Å². The molecule has 0 bridgehead atoms. The third-order valence-corrected chi connectivity index (χ3v) is 4.43. The van der Waals surface area contributed by atoms with E-state index in [1.165, 1.54) is 12.1 Å². The molecule has 1 aromatic carbocycles. The SMILES string of the molecule is CCCN1CCc2nnc(CNC(=O)Cc3cccc(F)c3)n2CC1. The average Bonchev–Trinajstić information content (AvgIpc) is 2.86. The molecule has 25 heavy (non-hydrogen) atoms. The molecule has 0 spiro atoms. The Hall–Kier alpha value is -2.28. The second-order valence-electron chi connectivity index (χ2n) is 6.36. The number of carbonyl (C=O) groups excluding carboxylic acids is 1. The highest BCUT2D eigenvalue weighted by Crippen LogP contribution is 2.10. The van der Waals surface area contributed by atoms with Crippen molar-refractivity contribution in [3.63, 3.8) is 0 Å². The number of rotatable bonds is 6. The van der Waals surface area contributed by atoms with Crippen LogP contribution in [0, 0.1) is 5.82 Å². The Labute approximate surface area is 147 Å². The monoisotopic (exact) mass is 345 g/mol. The van der Waals surface area contributed by atoms with E-state index in [0.717, 1.165) is 50.7 Å². The highest BCUT2D eigenvalue weighted by atomic mass is 19.1. The van der Waals surface area contributed by atoms with Crippen LogP contribution in [-0.4, -0.2) is 45.2 Å². The predicted molar refractivity (Wildman–Crippen MR) is 92.4 cm³/mol. The van der Waals surface area contributed by atoms with Crippen molar-refractivity contribution in [2.45, 2.75) is 39.3 Å². The number of hydrogen-bond donors (Lipinski definition) is 1. The highest BCUT2D eigenvalue weighted by Gasteiger charge is 2.18. The molecule has 2 heterocycles. The van der Waals surface area contributed by atoms with Crippen LogP contribution in [0.2, 0.25) is 0 Å². The number of aromatic nitrogens is 3. The van der Waals surface area contributed by atoms with E-state index in [4.69, 9.17) is 0 Å². The summed E-state index contributed by atoms with van der Waals surface area (Å²) in [4.78, 5) is 14.5. The lowest BCUT2D eigenvalue weighted by Gasteiger charge is -2.18. The summed E-state index contributed by atoms with van der Waals surface area (Å²) in [5.41, 5.74) is 0.660. The Kier molecular flexibility index (Phi) is 5.75. The summed E-state index contributed by atoms with van der Waals surface area (Å²) in [6.45, 7) is 6.44. The van der Waals surface area contributed by atoms with Crippen LogP contribution in [0.15, 0.2) is 24.3 Å². The molecular weight excluding hydrogens is 321 g/mol. The van der Waals surface area contributed by atoms with Crippen LogP contribution >= 0.6 is 0 Å². The third kappa shape index (κ3) is 4.63. The minimum atomic E-state index is -0.329. The molecule has 0 fully saturated rings. The highest BCUT2D eigenvalue weighted by molar-refractivity contribution is 5.78. The van der Waals surface area contributed by atoms with E-state index < -0.39 is 0 Å². The van der Waals surface area contributed by atoms with E-state index in [1.54, 1.807) is 12.1 Å². The number of nitrogens with zero attached hydrogens (tertiary/aromatic N) is 4. The third-order valence-electron chi connectivity index (χ3n) is 4.43. The molecule has 1 N–H and O–H groups in total. The molecule has 3 rings (SSSR count). The summed E-state index contributed by atoms with van der Waals surface area (Å²) in [7, 11) is 0. The standard InChI is InChI=1S/C18H24FN5O/c1-2-7-23-8-6-16-21-22-17(24(16)10-9-23)13-20-18(25)12-14-4-3-5-15(19)11-14/h3-5,11H,2,6-10,12-13H2,1H3,(H,20,25). The molecular formula is C18H24FN5O. The van der Waals surface area contributed by atoms with Gasteiger partial charge in [0.1, 0.15) is 11.6 Å². The molecule has 134 valence electrons. The van der Waals surface area contributed by atoms with Crippen molar-refractivity contribution < 1.29 is 9.18 Å². The van der Waals surface area contributed by atoms with Gasteiger partial charge in [0, 0.05) is 26.1 Å². The Bertz CT molecular complexity index is 730. The van der Waals surface area contributed by atoms with E-state index >= 15 is 0 Å². The van der Waals surface area contributed by atoms with Gasteiger partial charge in [-0.2, -0.15) is 0 Å². The lowest BCUT2D eigenvalue weighted by molar-refractivity contribution is -0.120. The van der Waals surface area contributed by atoms with E-state index in [0.29, 0.717) is 12.1 Å². The number of halogens is 1. The maximum atomic E-state index is 13.2. The molecule has 1 aliphatic rings. The summed E-state index contributed by atoms with van der Waals surface area (Å²) in [5, 5.41) is 11.4. The molecule has 1 aliphatic heterocycles. The first kappa shape index (κ1) is 17.5. The van der Waals surface area contributed by atoms with Crippen LogP contribution in [0.1, 0.15) is 30.6 Å². The predicted octanol–water partition coefficient (Wildman–Crippen LogP) is 1.54. The quantitative estimate of drug-likeness (QED) is 0.863. The molecule has 2 aromatic rings. The number of benzene rings is 1. The second kappa shape index (κ2) is 8.20. The van der Waals surface area contributed by atoms with Crippen LogP contribution in [0.3, 0.4) is 0 Å². The van der Waals surface area contributed by atoms with Gasteiger partial charge in [-0.15, -0.1) is 10.2 Å². The zero-order valence-electron chi connectivity index (χ0n) is 14.5. The van der Waals surface area contributed by atoms with Gasteiger partial charge in [0.05, 0.1) is 13.0 Å². The lowest BCUT2D eigenvalue weighted by Crippen LogP contribution is -2.29. The first-order valence-electron chi connectivity index (χ1n) is 8.80. The Morgan fingerprint density at radius 3 is 2.96 bits per heavy atom. The van der Waals surface area contributed by atoms with Crippen molar-refractivity contribution in [3.8, 4) is 0 Å². The van der Waals surface area contributed by atoms with Gasteiger partial charge in [0.15, 0.2) is 5.82 Å². The summed E-state index contributed by atoms with van der Waals surface area (Å²) in [6, 6.07) is 6.10. The van der Waals surface area contributed by atoms with Gasteiger partial charge in [-0.3, -0.25) is 4.79 Å². The van der Waals surface area contributed by atoms with Crippen molar-refractivity contribution in [1.29, 1.82) is 0 Å². The largest absolute Gasteiger partial charge is 0.349 e. The van der Waals surface area contributed by atoms with E-state index in [-0.39, 0.29) is 18.1 Å². The van der Waals surface area contributed by atoms with Crippen molar-refractivity contribution in [2.24, 2.45) is 0 Å². The fourth-order valence-electron chi connectivity index (χ4n) is 3.17. The van der Waals surface area contributed by atoms with Gasteiger partial charge in [-0.05, 0) is 30.7 Å². The Balaban J connectivity index is 1.56. The number of hydrogen-bond acceptors (Lipinski definition) is 4. The minimum absolute atomic E-state index is 0.149. The zero-order chi connectivity index (χ0) is 17.6. The fourth-order valence-corrected chi connectivity index (χ4v) is 3.17. The van der Waals surface area contributed by atoms with Crippen LogP contribution in [0.25, 0.3) is 0 Å². The van der Waals surface area contributed by atoms with E-state index in [9.17, 15) is 9.18 Å².